The maximum atomic E-state index is 11.1. The highest BCUT2D eigenvalue weighted by molar-refractivity contribution is 5.78. The first-order valence-corrected chi connectivity index (χ1v) is 6.97. The summed E-state index contributed by atoms with van der Waals surface area (Å²) in [7, 11) is 0. The summed E-state index contributed by atoms with van der Waals surface area (Å²) in [6, 6.07) is 8.28. The SMILES string of the molecule is C#CCN1CCC(Nc2ccccc2CC(N)=O)CC1. The van der Waals surface area contributed by atoms with Gasteiger partial charge < -0.3 is 11.1 Å². The van der Waals surface area contributed by atoms with Gasteiger partial charge in [0.25, 0.3) is 0 Å². The van der Waals surface area contributed by atoms with Crippen molar-refractivity contribution in [3.8, 4) is 12.3 Å². The highest BCUT2D eigenvalue weighted by Gasteiger charge is 2.19. The summed E-state index contributed by atoms with van der Waals surface area (Å²) < 4.78 is 0. The molecule has 1 heterocycles. The van der Waals surface area contributed by atoms with E-state index in [0.29, 0.717) is 6.04 Å². The van der Waals surface area contributed by atoms with Crippen LogP contribution in [-0.2, 0) is 11.2 Å². The van der Waals surface area contributed by atoms with Gasteiger partial charge in [-0.2, -0.15) is 0 Å². The van der Waals surface area contributed by atoms with Crippen LogP contribution in [0.5, 0.6) is 0 Å². The molecule has 3 N–H and O–H groups in total. The number of terminal acetylenes is 1. The van der Waals surface area contributed by atoms with Crippen LogP contribution in [0.3, 0.4) is 0 Å². The average Bonchev–Trinajstić information content (AvgIpc) is 2.43. The topological polar surface area (TPSA) is 58.4 Å². The summed E-state index contributed by atoms with van der Waals surface area (Å²) in [6.07, 6.45) is 7.73. The Kier molecular flexibility index (Phi) is 5.03. The standard InChI is InChI=1S/C16H21N3O/c1-2-9-19-10-7-14(8-11-19)18-15-6-4-3-5-13(15)12-16(17)20/h1,3-6,14,18H,7-12H2,(H2,17,20). The second-order valence-electron chi connectivity index (χ2n) is 5.20. The lowest BCUT2D eigenvalue weighted by atomic mass is 10.0. The smallest absolute Gasteiger partial charge is 0.221 e. The molecule has 1 fully saturated rings. The Hall–Kier alpha value is -1.99. The number of nitrogens with zero attached hydrogens (tertiary/aromatic N) is 1. The van der Waals surface area contributed by atoms with Crippen molar-refractivity contribution >= 4 is 11.6 Å². The lowest BCUT2D eigenvalue weighted by Gasteiger charge is -2.32. The molecule has 4 heteroatoms. The van der Waals surface area contributed by atoms with Gasteiger partial charge in [-0.05, 0) is 24.5 Å². The molecule has 0 bridgehead atoms. The van der Waals surface area contributed by atoms with Crippen molar-refractivity contribution < 1.29 is 4.79 Å². The van der Waals surface area contributed by atoms with E-state index in [1.54, 1.807) is 0 Å². The van der Waals surface area contributed by atoms with Gasteiger partial charge in [0, 0.05) is 24.8 Å². The van der Waals surface area contributed by atoms with Crippen molar-refractivity contribution in [2.45, 2.75) is 25.3 Å². The van der Waals surface area contributed by atoms with Crippen LogP contribution >= 0.6 is 0 Å². The number of para-hydroxylation sites is 1. The minimum Gasteiger partial charge on any atom is -0.382 e. The maximum Gasteiger partial charge on any atom is 0.221 e. The summed E-state index contributed by atoms with van der Waals surface area (Å²) >= 11 is 0. The van der Waals surface area contributed by atoms with Gasteiger partial charge in [-0.25, -0.2) is 0 Å². The highest BCUT2D eigenvalue weighted by Crippen LogP contribution is 2.20. The Morgan fingerprint density at radius 2 is 2.10 bits per heavy atom. The summed E-state index contributed by atoms with van der Waals surface area (Å²) in [5.41, 5.74) is 7.27. The number of benzene rings is 1. The quantitative estimate of drug-likeness (QED) is 0.792. The minimum absolute atomic E-state index is 0.277. The van der Waals surface area contributed by atoms with Gasteiger partial charge in [-0.15, -0.1) is 6.42 Å². The fourth-order valence-electron chi connectivity index (χ4n) is 2.59. The Morgan fingerprint density at radius 1 is 1.40 bits per heavy atom. The number of amides is 1. The van der Waals surface area contributed by atoms with E-state index in [1.807, 2.05) is 24.3 Å². The van der Waals surface area contributed by atoms with E-state index in [2.05, 4.69) is 16.1 Å². The molecule has 2 rings (SSSR count). The average molecular weight is 271 g/mol. The Morgan fingerprint density at radius 3 is 2.75 bits per heavy atom. The van der Waals surface area contributed by atoms with E-state index in [9.17, 15) is 4.79 Å². The molecule has 20 heavy (non-hydrogen) atoms. The number of likely N-dealkylation sites (tertiary alicyclic amines) is 1. The van der Waals surface area contributed by atoms with Gasteiger partial charge in [0.1, 0.15) is 0 Å². The predicted molar refractivity (Wildman–Crippen MR) is 81.3 cm³/mol. The molecule has 0 unspecified atom stereocenters. The second kappa shape index (κ2) is 6.97. The van der Waals surface area contributed by atoms with Crippen LogP contribution in [0.2, 0.25) is 0 Å². The largest absolute Gasteiger partial charge is 0.382 e. The molecule has 1 aliphatic rings. The van der Waals surface area contributed by atoms with Gasteiger partial charge in [-0.1, -0.05) is 24.1 Å². The summed E-state index contributed by atoms with van der Waals surface area (Å²) in [4.78, 5) is 13.4. The van der Waals surface area contributed by atoms with Crippen LogP contribution in [-0.4, -0.2) is 36.5 Å². The zero-order valence-electron chi connectivity index (χ0n) is 11.6. The molecule has 1 aromatic carbocycles. The van der Waals surface area contributed by atoms with E-state index in [4.69, 9.17) is 12.2 Å². The number of nitrogens with two attached hydrogens (primary N) is 1. The van der Waals surface area contributed by atoms with Crippen molar-refractivity contribution in [3.05, 3.63) is 29.8 Å². The molecular formula is C16H21N3O. The number of hydrogen-bond donors (Lipinski definition) is 2. The van der Waals surface area contributed by atoms with Crippen molar-refractivity contribution in [2.24, 2.45) is 5.73 Å². The zero-order chi connectivity index (χ0) is 14.4. The highest BCUT2D eigenvalue weighted by atomic mass is 16.1. The summed E-state index contributed by atoms with van der Waals surface area (Å²) in [5, 5.41) is 3.53. The van der Waals surface area contributed by atoms with Gasteiger partial charge in [0.15, 0.2) is 0 Å². The van der Waals surface area contributed by atoms with Gasteiger partial charge in [0.05, 0.1) is 13.0 Å². The van der Waals surface area contributed by atoms with Crippen LogP contribution in [0.4, 0.5) is 5.69 Å². The van der Waals surface area contributed by atoms with E-state index >= 15 is 0 Å². The normalized spacial score (nSPS) is 16.6. The number of piperidine rings is 1. The zero-order valence-corrected chi connectivity index (χ0v) is 11.6. The molecule has 1 aliphatic heterocycles. The van der Waals surface area contributed by atoms with Gasteiger partial charge in [0.2, 0.25) is 5.91 Å². The molecule has 1 aromatic rings. The van der Waals surface area contributed by atoms with Gasteiger partial charge in [-0.3, -0.25) is 9.69 Å². The number of primary amides is 1. The molecule has 1 saturated heterocycles. The third-order valence-corrected chi connectivity index (χ3v) is 3.64. The number of hydrogen-bond acceptors (Lipinski definition) is 3. The Balaban J connectivity index is 1.94. The van der Waals surface area contributed by atoms with Crippen molar-refractivity contribution in [1.82, 2.24) is 4.90 Å². The molecule has 0 spiro atoms. The molecule has 0 atom stereocenters. The van der Waals surface area contributed by atoms with Crippen LogP contribution in [0, 0.1) is 12.3 Å². The molecule has 0 aliphatic carbocycles. The molecule has 0 aromatic heterocycles. The van der Waals surface area contributed by atoms with Gasteiger partial charge >= 0.3 is 0 Å². The maximum absolute atomic E-state index is 11.1. The fourth-order valence-corrected chi connectivity index (χ4v) is 2.59. The third-order valence-electron chi connectivity index (χ3n) is 3.64. The second-order valence-corrected chi connectivity index (χ2v) is 5.20. The van der Waals surface area contributed by atoms with Crippen molar-refractivity contribution in [3.63, 3.8) is 0 Å². The van der Waals surface area contributed by atoms with Crippen molar-refractivity contribution in [2.75, 3.05) is 25.0 Å². The number of nitrogens with one attached hydrogen (secondary N) is 1. The Labute approximate surface area is 120 Å². The first-order chi connectivity index (χ1) is 9.69. The molecule has 4 nitrogen and oxygen atoms in total. The summed E-state index contributed by atoms with van der Waals surface area (Å²) in [5.74, 6) is 2.38. The molecule has 106 valence electrons. The lowest BCUT2D eigenvalue weighted by Crippen LogP contribution is -2.39. The molecule has 0 radical (unpaired) electrons. The van der Waals surface area contributed by atoms with Crippen LogP contribution in [0.15, 0.2) is 24.3 Å². The summed E-state index contributed by atoms with van der Waals surface area (Å²) in [6.45, 7) is 2.75. The first kappa shape index (κ1) is 14.4. The fraction of sp³-hybridized carbons (Fsp3) is 0.438. The van der Waals surface area contributed by atoms with E-state index in [1.165, 1.54) is 0 Å². The number of rotatable bonds is 5. The lowest BCUT2D eigenvalue weighted by molar-refractivity contribution is -0.117. The van der Waals surface area contributed by atoms with E-state index < -0.39 is 0 Å². The van der Waals surface area contributed by atoms with Crippen molar-refractivity contribution in [1.29, 1.82) is 0 Å². The monoisotopic (exact) mass is 271 g/mol. The van der Waals surface area contributed by atoms with Crippen LogP contribution in [0.1, 0.15) is 18.4 Å². The van der Waals surface area contributed by atoms with Crippen LogP contribution in [0.25, 0.3) is 0 Å². The first-order valence-electron chi connectivity index (χ1n) is 6.97. The molecule has 0 saturated carbocycles. The number of carbonyl (C=O) groups is 1. The number of anilines is 1. The molecule has 1 amide bonds. The minimum atomic E-state index is -0.303. The predicted octanol–water partition coefficient (Wildman–Crippen LogP) is 1.22. The number of carbonyl (C=O) groups excluding carboxylic acids is 1. The van der Waals surface area contributed by atoms with E-state index in [-0.39, 0.29) is 12.3 Å². The Bertz CT molecular complexity index is 499. The third kappa shape index (κ3) is 4.01. The molecular weight excluding hydrogens is 250 g/mol. The van der Waals surface area contributed by atoms with E-state index in [0.717, 1.165) is 43.7 Å². The van der Waals surface area contributed by atoms with Crippen LogP contribution < -0.4 is 11.1 Å².